The summed E-state index contributed by atoms with van der Waals surface area (Å²) in [5, 5.41) is 1.03. The molecule has 2 aromatic carbocycles. The maximum atomic E-state index is 12.3. The van der Waals surface area contributed by atoms with E-state index in [1.54, 1.807) is 0 Å². The van der Waals surface area contributed by atoms with Crippen molar-refractivity contribution in [2.45, 2.75) is 70.1 Å². The molecule has 2 bridgehead atoms. The fourth-order valence-corrected chi connectivity index (χ4v) is 7.21. The number of anilines is 1. The van der Waals surface area contributed by atoms with Crippen molar-refractivity contribution in [3.8, 4) is 11.5 Å². The number of hydrogen-bond donors (Lipinski definition) is 0. The molecule has 6 heteroatoms. The molecule has 0 N–H and O–H groups in total. The van der Waals surface area contributed by atoms with Crippen LogP contribution in [-0.4, -0.2) is 54.2 Å². The van der Waals surface area contributed by atoms with Crippen LogP contribution in [0, 0.1) is 12.8 Å². The zero-order valence-corrected chi connectivity index (χ0v) is 21.8. The first kappa shape index (κ1) is 23.0. The number of nitrogens with zero attached hydrogens (tertiary/aromatic N) is 3. The third-order valence-electron chi connectivity index (χ3n) is 9.15. The second-order valence-electron chi connectivity index (χ2n) is 11.4. The number of aromatic nitrogens is 1. The number of carbonyl (C=O) groups excluding carboxylic acids is 1. The molecule has 37 heavy (non-hydrogen) atoms. The largest absolute Gasteiger partial charge is 0.486 e. The zero-order chi connectivity index (χ0) is 25.1. The summed E-state index contributed by atoms with van der Waals surface area (Å²) in [7, 11) is 1.92. The highest BCUT2D eigenvalue weighted by Crippen LogP contribution is 2.43. The Bertz CT molecular complexity index is 1370. The number of carbonyl (C=O) groups is 1. The SMILES string of the molecule is Cc1ccc2c3c(ccc2n1)OC[C@H](CN1C2CCC(Cc4ccc5c(c4)N(C)C(=O)CC5)C1CC2)O3. The molecule has 7 rings (SSSR count). The molecule has 2 fully saturated rings. The molecule has 4 aliphatic heterocycles. The third kappa shape index (κ3) is 4.06. The molecule has 5 heterocycles. The summed E-state index contributed by atoms with van der Waals surface area (Å²) in [6.07, 6.45) is 7.63. The molecule has 1 amide bonds. The summed E-state index contributed by atoms with van der Waals surface area (Å²) in [6, 6.07) is 16.2. The van der Waals surface area contributed by atoms with Crippen molar-refractivity contribution >= 4 is 22.5 Å². The van der Waals surface area contributed by atoms with Gasteiger partial charge >= 0.3 is 0 Å². The monoisotopic (exact) mass is 497 g/mol. The Kier molecular flexibility index (Phi) is 5.61. The molecule has 4 atom stereocenters. The number of piperidine rings is 1. The average Bonchev–Trinajstić information content (AvgIpc) is 3.18. The lowest BCUT2D eigenvalue weighted by Gasteiger charge is -2.42. The molecule has 3 aromatic rings. The number of amides is 1. The fraction of sp³-hybridized carbons (Fsp3) is 0.484. The van der Waals surface area contributed by atoms with Crippen LogP contribution >= 0.6 is 0 Å². The minimum Gasteiger partial charge on any atom is -0.486 e. The molecule has 0 spiro atoms. The van der Waals surface area contributed by atoms with Gasteiger partial charge in [-0.05, 0) is 92.8 Å². The van der Waals surface area contributed by atoms with Gasteiger partial charge in [-0.2, -0.15) is 0 Å². The van der Waals surface area contributed by atoms with E-state index in [0.717, 1.165) is 53.2 Å². The third-order valence-corrected chi connectivity index (χ3v) is 9.15. The van der Waals surface area contributed by atoms with E-state index < -0.39 is 0 Å². The van der Waals surface area contributed by atoms with Crippen molar-refractivity contribution < 1.29 is 14.3 Å². The van der Waals surface area contributed by atoms with Gasteiger partial charge in [0.25, 0.3) is 0 Å². The summed E-state index contributed by atoms with van der Waals surface area (Å²) in [5.41, 5.74) is 5.72. The van der Waals surface area contributed by atoms with Crippen molar-refractivity contribution in [1.29, 1.82) is 0 Å². The van der Waals surface area contributed by atoms with E-state index in [2.05, 4.69) is 34.1 Å². The highest BCUT2D eigenvalue weighted by molar-refractivity contribution is 5.96. The molecule has 0 aliphatic carbocycles. The predicted molar refractivity (Wildman–Crippen MR) is 145 cm³/mol. The van der Waals surface area contributed by atoms with Crippen molar-refractivity contribution in [3.05, 3.63) is 59.3 Å². The van der Waals surface area contributed by atoms with Crippen LogP contribution in [0.1, 0.15) is 48.9 Å². The van der Waals surface area contributed by atoms with Crippen molar-refractivity contribution in [1.82, 2.24) is 9.88 Å². The van der Waals surface area contributed by atoms with Gasteiger partial charge in [0.1, 0.15) is 12.7 Å². The Hall–Kier alpha value is -3.12. The molecule has 3 unspecified atom stereocenters. The maximum Gasteiger partial charge on any atom is 0.227 e. The number of benzene rings is 2. The average molecular weight is 498 g/mol. The van der Waals surface area contributed by atoms with Crippen LogP contribution < -0.4 is 14.4 Å². The summed E-state index contributed by atoms with van der Waals surface area (Å²) in [4.78, 5) is 21.5. The zero-order valence-electron chi connectivity index (χ0n) is 21.8. The van der Waals surface area contributed by atoms with E-state index in [1.165, 1.54) is 36.8 Å². The Balaban J connectivity index is 1.08. The van der Waals surface area contributed by atoms with Crippen LogP contribution in [0.3, 0.4) is 0 Å². The summed E-state index contributed by atoms with van der Waals surface area (Å²) >= 11 is 0. The van der Waals surface area contributed by atoms with Crippen molar-refractivity contribution in [3.63, 3.8) is 0 Å². The minimum atomic E-state index is 0.0182. The lowest BCUT2D eigenvalue weighted by molar-refractivity contribution is -0.118. The Morgan fingerprint density at radius 3 is 2.84 bits per heavy atom. The van der Waals surface area contributed by atoms with Crippen LogP contribution in [0.25, 0.3) is 10.9 Å². The first-order valence-corrected chi connectivity index (χ1v) is 13.9. The van der Waals surface area contributed by atoms with E-state index in [9.17, 15) is 4.79 Å². The minimum absolute atomic E-state index is 0.0182. The molecule has 192 valence electrons. The lowest BCUT2D eigenvalue weighted by Crippen LogP contribution is -2.51. The molecule has 1 aromatic heterocycles. The number of ether oxygens (including phenoxy) is 2. The number of rotatable bonds is 4. The highest BCUT2D eigenvalue weighted by Gasteiger charge is 2.43. The van der Waals surface area contributed by atoms with Gasteiger partial charge in [0.2, 0.25) is 5.91 Å². The first-order chi connectivity index (χ1) is 18.0. The van der Waals surface area contributed by atoms with Crippen molar-refractivity contribution in [2.24, 2.45) is 5.92 Å². The Morgan fingerprint density at radius 2 is 1.92 bits per heavy atom. The molecule has 0 saturated carbocycles. The maximum absolute atomic E-state index is 12.3. The van der Waals surface area contributed by atoms with Gasteiger partial charge in [-0.3, -0.25) is 14.7 Å². The molecule has 0 radical (unpaired) electrons. The topological polar surface area (TPSA) is 54.9 Å². The van der Waals surface area contributed by atoms with Crippen molar-refractivity contribution in [2.75, 3.05) is 25.1 Å². The molecular weight excluding hydrogens is 462 g/mol. The normalized spacial score (nSPS) is 27.0. The van der Waals surface area contributed by atoms with E-state index >= 15 is 0 Å². The second-order valence-corrected chi connectivity index (χ2v) is 11.4. The van der Waals surface area contributed by atoms with E-state index in [0.29, 0.717) is 31.0 Å². The number of fused-ring (bicyclic) bond motifs is 6. The summed E-state index contributed by atoms with van der Waals surface area (Å²) < 4.78 is 12.8. The van der Waals surface area contributed by atoms with Gasteiger partial charge in [0, 0.05) is 48.9 Å². The number of pyridine rings is 1. The van der Waals surface area contributed by atoms with Crippen LogP contribution in [-0.2, 0) is 17.6 Å². The fourth-order valence-electron chi connectivity index (χ4n) is 7.21. The number of hydrogen-bond acceptors (Lipinski definition) is 5. The molecular formula is C31H35N3O3. The van der Waals surface area contributed by atoms with Crippen LogP contribution in [0.15, 0.2) is 42.5 Å². The second kappa shape index (κ2) is 9.02. The summed E-state index contributed by atoms with van der Waals surface area (Å²) in [5.74, 6) is 2.52. The van der Waals surface area contributed by atoms with Crippen LogP contribution in [0.5, 0.6) is 11.5 Å². The van der Waals surface area contributed by atoms with Gasteiger partial charge in [-0.15, -0.1) is 0 Å². The van der Waals surface area contributed by atoms with Crippen LogP contribution in [0.4, 0.5) is 5.69 Å². The molecule has 6 nitrogen and oxygen atoms in total. The first-order valence-electron chi connectivity index (χ1n) is 13.9. The quantitative estimate of drug-likeness (QED) is 0.503. The van der Waals surface area contributed by atoms with Gasteiger partial charge in [0.05, 0.1) is 5.52 Å². The van der Waals surface area contributed by atoms with Gasteiger partial charge in [-0.1, -0.05) is 12.1 Å². The van der Waals surface area contributed by atoms with Gasteiger partial charge in [0.15, 0.2) is 11.5 Å². The molecule has 2 saturated heterocycles. The predicted octanol–water partition coefficient (Wildman–Crippen LogP) is 5.08. The highest BCUT2D eigenvalue weighted by atomic mass is 16.6. The number of aryl methyl sites for hydroxylation is 2. The lowest BCUT2D eigenvalue weighted by atomic mass is 9.84. The Labute approximate surface area is 218 Å². The standard InChI is InChI=1S/C31H35N3O3/c1-19-3-10-25-26(32-19)11-13-29-31(25)37-24(18-36-29)17-34-23-8-6-22(27(34)12-9-23)15-20-4-5-21-7-14-30(35)33(2)28(21)16-20/h3-5,10-11,13,16,22-24,27H,6-9,12,14-15,17-18H2,1-2H3/t22?,23?,24-,27?/m0/s1. The van der Waals surface area contributed by atoms with E-state index in [4.69, 9.17) is 9.47 Å². The summed E-state index contributed by atoms with van der Waals surface area (Å²) in [6.45, 7) is 3.51. The molecule has 4 aliphatic rings. The van der Waals surface area contributed by atoms with Crippen LogP contribution in [0.2, 0.25) is 0 Å². The Morgan fingerprint density at radius 1 is 1.03 bits per heavy atom. The van der Waals surface area contributed by atoms with E-state index in [1.807, 2.05) is 37.1 Å². The van der Waals surface area contributed by atoms with Gasteiger partial charge in [-0.25, -0.2) is 0 Å². The van der Waals surface area contributed by atoms with E-state index in [-0.39, 0.29) is 12.0 Å². The smallest absolute Gasteiger partial charge is 0.227 e. The van der Waals surface area contributed by atoms with Gasteiger partial charge < -0.3 is 14.4 Å².